The predicted octanol–water partition coefficient (Wildman–Crippen LogP) is 2.47. The number of nitrogens with two attached hydrogens (primary N) is 1. The number of halogens is 1. The molecule has 2 rings (SSSR count). The zero-order valence-corrected chi connectivity index (χ0v) is 8.56. The maximum absolute atomic E-state index is 13.2. The lowest BCUT2D eigenvalue weighted by Gasteiger charge is -2.05. The van der Waals surface area contributed by atoms with E-state index in [0.29, 0.717) is 12.3 Å². The van der Waals surface area contributed by atoms with Gasteiger partial charge in [0.15, 0.2) is 5.82 Å². The zero-order valence-electron chi connectivity index (χ0n) is 8.56. The van der Waals surface area contributed by atoms with E-state index in [1.807, 2.05) is 12.1 Å². The molecule has 0 aliphatic carbocycles. The first-order valence-corrected chi connectivity index (χ1v) is 4.87. The predicted molar refractivity (Wildman–Crippen MR) is 58.6 cm³/mol. The molecule has 0 saturated carbocycles. The Morgan fingerprint density at radius 2 is 1.94 bits per heavy atom. The van der Waals surface area contributed by atoms with Gasteiger partial charge in [-0.25, -0.2) is 9.37 Å². The maximum Gasteiger partial charge on any atom is 0.255 e. The Hall–Kier alpha value is -1.94. The number of hydrogen-bond acceptors (Lipinski definition) is 3. The molecule has 0 spiro atoms. The van der Waals surface area contributed by atoms with Crippen LogP contribution in [-0.2, 0) is 6.54 Å². The molecule has 1 aromatic carbocycles. The standard InChI is InChI=1S/C12H11FN2O/c13-11-2-1-7-15-12(11)16-10-5-3-9(8-14)4-6-10/h1-7H,8,14H2. The van der Waals surface area contributed by atoms with Crippen molar-refractivity contribution < 1.29 is 9.13 Å². The molecule has 0 atom stereocenters. The highest BCUT2D eigenvalue weighted by Crippen LogP contribution is 2.21. The smallest absolute Gasteiger partial charge is 0.255 e. The minimum Gasteiger partial charge on any atom is -0.436 e. The van der Waals surface area contributed by atoms with Gasteiger partial charge in [-0.15, -0.1) is 0 Å². The van der Waals surface area contributed by atoms with Crippen LogP contribution in [0.2, 0.25) is 0 Å². The molecule has 0 radical (unpaired) electrons. The van der Waals surface area contributed by atoms with Crippen molar-refractivity contribution in [1.29, 1.82) is 0 Å². The molecule has 1 heterocycles. The second-order valence-corrected chi connectivity index (χ2v) is 3.24. The molecule has 4 heteroatoms. The van der Waals surface area contributed by atoms with Crippen LogP contribution in [0.5, 0.6) is 11.6 Å². The van der Waals surface area contributed by atoms with Crippen molar-refractivity contribution in [3.63, 3.8) is 0 Å². The van der Waals surface area contributed by atoms with E-state index in [0.717, 1.165) is 5.56 Å². The first kappa shape index (κ1) is 10.6. The molecule has 2 aromatic rings. The fourth-order valence-electron chi connectivity index (χ4n) is 1.25. The van der Waals surface area contributed by atoms with E-state index in [4.69, 9.17) is 10.5 Å². The summed E-state index contributed by atoms with van der Waals surface area (Å²) in [5.41, 5.74) is 6.46. The fraction of sp³-hybridized carbons (Fsp3) is 0.0833. The lowest BCUT2D eigenvalue weighted by Crippen LogP contribution is -1.96. The third-order valence-electron chi connectivity index (χ3n) is 2.10. The van der Waals surface area contributed by atoms with Gasteiger partial charge in [-0.1, -0.05) is 12.1 Å². The Morgan fingerprint density at radius 3 is 2.56 bits per heavy atom. The van der Waals surface area contributed by atoms with Crippen molar-refractivity contribution in [1.82, 2.24) is 4.98 Å². The summed E-state index contributed by atoms with van der Waals surface area (Å²) in [6.07, 6.45) is 1.48. The van der Waals surface area contributed by atoms with Gasteiger partial charge in [0.1, 0.15) is 5.75 Å². The minimum absolute atomic E-state index is 0.0250. The molecule has 16 heavy (non-hydrogen) atoms. The summed E-state index contributed by atoms with van der Waals surface area (Å²) >= 11 is 0. The van der Waals surface area contributed by atoms with Gasteiger partial charge in [0.25, 0.3) is 5.88 Å². The number of hydrogen-bond donors (Lipinski definition) is 1. The monoisotopic (exact) mass is 218 g/mol. The van der Waals surface area contributed by atoms with Crippen LogP contribution >= 0.6 is 0 Å². The molecule has 0 saturated heterocycles. The van der Waals surface area contributed by atoms with Gasteiger partial charge >= 0.3 is 0 Å². The van der Waals surface area contributed by atoms with E-state index in [9.17, 15) is 4.39 Å². The minimum atomic E-state index is -0.481. The molecular formula is C12H11FN2O. The Morgan fingerprint density at radius 1 is 1.19 bits per heavy atom. The van der Waals surface area contributed by atoms with Crippen LogP contribution in [0.3, 0.4) is 0 Å². The molecular weight excluding hydrogens is 207 g/mol. The van der Waals surface area contributed by atoms with E-state index in [2.05, 4.69) is 4.98 Å². The summed E-state index contributed by atoms with van der Waals surface area (Å²) in [7, 11) is 0. The number of aromatic nitrogens is 1. The van der Waals surface area contributed by atoms with Gasteiger partial charge in [0, 0.05) is 12.7 Å². The van der Waals surface area contributed by atoms with Crippen molar-refractivity contribution in [3.8, 4) is 11.6 Å². The highest BCUT2D eigenvalue weighted by atomic mass is 19.1. The molecule has 0 unspecified atom stereocenters. The van der Waals surface area contributed by atoms with Crippen LogP contribution in [-0.4, -0.2) is 4.98 Å². The Kier molecular flexibility index (Phi) is 3.12. The van der Waals surface area contributed by atoms with Crippen LogP contribution in [0.25, 0.3) is 0 Å². The number of pyridine rings is 1. The summed E-state index contributed by atoms with van der Waals surface area (Å²) < 4.78 is 18.5. The summed E-state index contributed by atoms with van der Waals surface area (Å²) in [6.45, 7) is 0.470. The molecule has 0 aliphatic rings. The average Bonchev–Trinajstić information content (AvgIpc) is 2.33. The summed E-state index contributed by atoms with van der Waals surface area (Å²) in [6, 6.07) is 9.94. The summed E-state index contributed by atoms with van der Waals surface area (Å²) in [5.74, 6) is 0.0307. The Bertz CT molecular complexity index is 471. The first-order valence-electron chi connectivity index (χ1n) is 4.87. The van der Waals surface area contributed by atoms with Crippen LogP contribution < -0.4 is 10.5 Å². The molecule has 82 valence electrons. The second-order valence-electron chi connectivity index (χ2n) is 3.24. The first-order chi connectivity index (χ1) is 7.79. The molecule has 0 fully saturated rings. The fourth-order valence-corrected chi connectivity index (χ4v) is 1.25. The molecule has 3 nitrogen and oxygen atoms in total. The number of benzene rings is 1. The lowest BCUT2D eigenvalue weighted by molar-refractivity contribution is 0.422. The van der Waals surface area contributed by atoms with Crippen LogP contribution in [0, 0.1) is 5.82 Å². The van der Waals surface area contributed by atoms with Crippen LogP contribution in [0.1, 0.15) is 5.56 Å². The molecule has 2 N–H and O–H groups in total. The Labute approximate surface area is 92.7 Å². The van der Waals surface area contributed by atoms with Gasteiger partial charge in [-0.2, -0.15) is 0 Å². The van der Waals surface area contributed by atoms with E-state index in [-0.39, 0.29) is 5.88 Å². The highest BCUT2D eigenvalue weighted by molar-refractivity contribution is 5.30. The Balaban J connectivity index is 2.18. The molecule has 0 amide bonds. The lowest BCUT2D eigenvalue weighted by atomic mass is 10.2. The van der Waals surface area contributed by atoms with E-state index < -0.39 is 5.82 Å². The van der Waals surface area contributed by atoms with Crippen LogP contribution in [0.15, 0.2) is 42.6 Å². The van der Waals surface area contributed by atoms with Crippen molar-refractivity contribution >= 4 is 0 Å². The van der Waals surface area contributed by atoms with E-state index >= 15 is 0 Å². The van der Waals surface area contributed by atoms with Crippen molar-refractivity contribution in [2.75, 3.05) is 0 Å². The summed E-state index contributed by atoms with van der Waals surface area (Å²) in [5, 5.41) is 0. The quantitative estimate of drug-likeness (QED) is 0.860. The number of nitrogens with zero attached hydrogens (tertiary/aromatic N) is 1. The third kappa shape index (κ3) is 2.35. The van der Waals surface area contributed by atoms with Gasteiger partial charge in [-0.3, -0.25) is 0 Å². The topological polar surface area (TPSA) is 48.1 Å². The highest BCUT2D eigenvalue weighted by Gasteiger charge is 2.04. The van der Waals surface area contributed by atoms with Crippen molar-refractivity contribution in [3.05, 3.63) is 54.0 Å². The second kappa shape index (κ2) is 4.72. The molecule has 0 bridgehead atoms. The zero-order chi connectivity index (χ0) is 11.4. The number of rotatable bonds is 3. The van der Waals surface area contributed by atoms with E-state index in [1.54, 1.807) is 12.1 Å². The van der Waals surface area contributed by atoms with Gasteiger partial charge in [0.2, 0.25) is 0 Å². The largest absolute Gasteiger partial charge is 0.436 e. The SMILES string of the molecule is NCc1ccc(Oc2ncccc2F)cc1. The van der Waals surface area contributed by atoms with Gasteiger partial charge < -0.3 is 10.5 Å². The van der Waals surface area contributed by atoms with E-state index in [1.165, 1.54) is 18.3 Å². The normalized spacial score (nSPS) is 10.1. The van der Waals surface area contributed by atoms with Gasteiger partial charge in [0.05, 0.1) is 0 Å². The number of ether oxygens (including phenoxy) is 1. The average molecular weight is 218 g/mol. The molecule has 0 aliphatic heterocycles. The molecule has 1 aromatic heterocycles. The van der Waals surface area contributed by atoms with Crippen molar-refractivity contribution in [2.24, 2.45) is 5.73 Å². The summed E-state index contributed by atoms with van der Waals surface area (Å²) in [4.78, 5) is 3.79. The maximum atomic E-state index is 13.2. The van der Waals surface area contributed by atoms with Gasteiger partial charge in [-0.05, 0) is 29.8 Å². The third-order valence-corrected chi connectivity index (χ3v) is 2.10. The van der Waals surface area contributed by atoms with Crippen LogP contribution in [0.4, 0.5) is 4.39 Å². The van der Waals surface area contributed by atoms with Crippen molar-refractivity contribution in [2.45, 2.75) is 6.54 Å².